The molecule has 0 N–H and O–H groups in total. The first-order valence-corrected chi connectivity index (χ1v) is 6.64. The van der Waals surface area contributed by atoms with Crippen LogP contribution in [0.1, 0.15) is 15.9 Å². The van der Waals surface area contributed by atoms with Gasteiger partial charge in [0, 0.05) is 31.4 Å². The molecule has 0 saturated carbocycles. The standard InChI is InChI=1S/C14H10Cl2F2N2O/c1-20(7-8-2-3-9(17)4-12(8)18)14(21)10-5-13(16)19-6-11(10)15/h2-6H,7H2,1H3. The number of hydrogen-bond acceptors (Lipinski definition) is 2. The van der Waals surface area contributed by atoms with E-state index in [1.54, 1.807) is 0 Å². The normalized spacial score (nSPS) is 10.5. The smallest absolute Gasteiger partial charge is 0.255 e. The molecule has 0 unspecified atom stereocenters. The molecule has 0 fully saturated rings. The highest BCUT2D eigenvalue weighted by Crippen LogP contribution is 2.21. The van der Waals surface area contributed by atoms with Crippen molar-refractivity contribution in [2.24, 2.45) is 0 Å². The fourth-order valence-electron chi connectivity index (χ4n) is 1.76. The third kappa shape index (κ3) is 3.68. The topological polar surface area (TPSA) is 33.2 Å². The van der Waals surface area contributed by atoms with Crippen molar-refractivity contribution < 1.29 is 13.6 Å². The summed E-state index contributed by atoms with van der Waals surface area (Å²) in [6.07, 6.45) is 1.27. The molecular weight excluding hydrogens is 321 g/mol. The molecule has 2 rings (SSSR count). The summed E-state index contributed by atoms with van der Waals surface area (Å²) in [6, 6.07) is 4.52. The molecule has 0 aliphatic carbocycles. The van der Waals surface area contributed by atoms with E-state index in [1.807, 2.05) is 0 Å². The average molecular weight is 331 g/mol. The molecule has 1 amide bonds. The summed E-state index contributed by atoms with van der Waals surface area (Å²) in [5, 5.41) is 0.278. The zero-order valence-corrected chi connectivity index (χ0v) is 12.4. The first kappa shape index (κ1) is 15.7. The minimum atomic E-state index is -0.714. The molecule has 7 heteroatoms. The van der Waals surface area contributed by atoms with Crippen LogP contribution in [0.5, 0.6) is 0 Å². The van der Waals surface area contributed by atoms with Crippen molar-refractivity contribution in [3.63, 3.8) is 0 Å². The molecule has 21 heavy (non-hydrogen) atoms. The maximum Gasteiger partial charge on any atom is 0.255 e. The SMILES string of the molecule is CN(Cc1ccc(F)cc1F)C(=O)c1cc(Cl)ncc1Cl. The Morgan fingerprint density at radius 2 is 2.00 bits per heavy atom. The predicted molar refractivity (Wildman–Crippen MR) is 76.4 cm³/mol. The summed E-state index contributed by atoms with van der Waals surface area (Å²) < 4.78 is 26.4. The van der Waals surface area contributed by atoms with E-state index in [4.69, 9.17) is 23.2 Å². The van der Waals surface area contributed by atoms with Gasteiger partial charge in [0.05, 0.1) is 10.6 Å². The number of carbonyl (C=O) groups excluding carboxylic acids is 1. The van der Waals surface area contributed by atoms with Crippen LogP contribution in [0.2, 0.25) is 10.2 Å². The molecule has 0 radical (unpaired) electrons. The minimum absolute atomic E-state index is 0.0266. The van der Waals surface area contributed by atoms with Gasteiger partial charge in [0.1, 0.15) is 16.8 Å². The van der Waals surface area contributed by atoms with Crippen LogP contribution in [0.25, 0.3) is 0 Å². The second-order valence-corrected chi connectivity index (χ2v) is 5.18. The number of nitrogens with zero attached hydrogens (tertiary/aromatic N) is 2. The van der Waals surface area contributed by atoms with Gasteiger partial charge in [0.15, 0.2) is 0 Å². The summed E-state index contributed by atoms with van der Waals surface area (Å²) >= 11 is 11.6. The molecule has 1 aromatic carbocycles. The van der Waals surface area contributed by atoms with E-state index in [0.29, 0.717) is 0 Å². The Hall–Kier alpha value is -1.72. The van der Waals surface area contributed by atoms with E-state index in [0.717, 1.165) is 12.1 Å². The van der Waals surface area contributed by atoms with Gasteiger partial charge in [-0.05, 0) is 12.1 Å². The van der Waals surface area contributed by atoms with E-state index in [-0.39, 0.29) is 27.8 Å². The maximum atomic E-state index is 13.6. The number of hydrogen-bond donors (Lipinski definition) is 0. The molecule has 0 aliphatic heterocycles. The van der Waals surface area contributed by atoms with Crippen LogP contribution in [0.4, 0.5) is 8.78 Å². The highest BCUT2D eigenvalue weighted by atomic mass is 35.5. The summed E-state index contributed by atoms with van der Waals surface area (Å²) in [5.74, 6) is -1.82. The molecule has 0 spiro atoms. The molecule has 1 heterocycles. The minimum Gasteiger partial charge on any atom is -0.337 e. The summed E-state index contributed by atoms with van der Waals surface area (Å²) in [7, 11) is 1.48. The lowest BCUT2D eigenvalue weighted by molar-refractivity contribution is 0.0784. The Labute approximate surface area is 130 Å². The van der Waals surface area contributed by atoms with Crippen LogP contribution < -0.4 is 0 Å². The number of benzene rings is 1. The number of pyridine rings is 1. The van der Waals surface area contributed by atoms with Gasteiger partial charge in [-0.15, -0.1) is 0 Å². The quantitative estimate of drug-likeness (QED) is 0.798. The Kier molecular flexibility index (Phi) is 4.75. The molecule has 0 saturated heterocycles. The summed E-state index contributed by atoms with van der Waals surface area (Å²) in [6.45, 7) is -0.0266. The van der Waals surface area contributed by atoms with E-state index < -0.39 is 17.5 Å². The fraction of sp³-hybridized carbons (Fsp3) is 0.143. The van der Waals surface area contributed by atoms with Crippen LogP contribution in [0, 0.1) is 11.6 Å². The van der Waals surface area contributed by atoms with Crippen molar-refractivity contribution in [2.45, 2.75) is 6.54 Å². The van der Waals surface area contributed by atoms with E-state index in [1.165, 1.54) is 30.3 Å². The van der Waals surface area contributed by atoms with Gasteiger partial charge in [-0.3, -0.25) is 4.79 Å². The average Bonchev–Trinajstić information content (AvgIpc) is 2.43. The van der Waals surface area contributed by atoms with Gasteiger partial charge < -0.3 is 4.90 Å². The predicted octanol–water partition coefficient (Wildman–Crippen LogP) is 3.94. The van der Waals surface area contributed by atoms with Crippen molar-refractivity contribution in [3.8, 4) is 0 Å². The zero-order chi connectivity index (χ0) is 15.6. The van der Waals surface area contributed by atoms with Crippen LogP contribution in [-0.4, -0.2) is 22.8 Å². The lowest BCUT2D eigenvalue weighted by Crippen LogP contribution is -2.27. The Morgan fingerprint density at radius 3 is 2.67 bits per heavy atom. The van der Waals surface area contributed by atoms with E-state index >= 15 is 0 Å². The van der Waals surface area contributed by atoms with Gasteiger partial charge in [-0.25, -0.2) is 13.8 Å². The number of carbonyl (C=O) groups is 1. The van der Waals surface area contributed by atoms with E-state index in [9.17, 15) is 13.6 Å². The van der Waals surface area contributed by atoms with Crippen LogP contribution >= 0.6 is 23.2 Å². The zero-order valence-electron chi connectivity index (χ0n) is 10.9. The highest BCUT2D eigenvalue weighted by molar-refractivity contribution is 6.35. The number of amides is 1. The second-order valence-electron chi connectivity index (χ2n) is 4.38. The van der Waals surface area contributed by atoms with Crippen molar-refractivity contribution in [2.75, 3.05) is 7.05 Å². The number of rotatable bonds is 3. The van der Waals surface area contributed by atoms with Crippen molar-refractivity contribution >= 4 is 29.1 Å². The lowest BCUT2D eigenvalue weighted by atomic mass is 10.1. The molecule has 110 valence electrons. The molecule has 0 bridgehead atoms. The van der Waals surface area contributed by atoms with Gasteiger partial charge in [-0.2, -0.15) is 0 Å². The van der Waals surface area contributed by atoms with Gasteiger partial charge in [0.2, 0.25) is 0 Å². The third-order valence-electron chi connectivity index (χ3n) is 2.82. The Morgan fingerprint density at radius 1 is 1.29 bits per heavy atom. The van der Waals surface area contributed by atoms with Crippen LogP contribution in [0.15, 0.2) is 30.5 Å². The number of aromatic nitrogens is 1. The van der Waals surface area contributed by atoms with Crippen molar-refractivity contribution in [1.29, 1.82) is 0 Å². The van der Waals surface area contributed by atoms with Gasteiger partial charge in [0.25, 0.3) is 5.91 Å². The molecule has 0 atom stereocenters. The second kappa shape index (κ2) is 6.37. The van der Waals surface area contributed by atoms with Crippen molar-refractivity contribution in [3.05, 3.63) is 63.4 Å². The first-order valence-electron chi connectivity index (χ1n) is 5.89. The fourth-order valence-corrected chi connectivity index (χ4v) is 2.10. The lowest BCUT2D eigenvalue weighted by Gasteiger charge is -2.18. The summed E-state index contributed by atoms with van der Waals surface area (Å²) in [5.41, 5.74) is 0.366. The maximum absolute atomic E-state index is 13.6. The molecular formula is C14H10Cl2F2N2O. The monoisotopic (exact) mass is 330 g/mol. The molecule has 3 nitrogen and oxygen atoms in total. The van der Waals surface area contributed by atoms with Crippen LogP contribution in [-0.2, 0) is 6.54 Å². The number of halogens is 4. The van der Waals surface area contributed by atoms with E-state index in [2.05, 4.69) is 4.98 Å². The Balaban J connectivity index is 2.21. The first-order chi connectivity index (χ1) is 9.88. The molecule has 2 aromatic rings. The highest BCUT2D eigenvalue weighted by Gasteiger charge is 2.17. The molecule has 0 aliphatic rings. The van der Waals surface area contributed by atoms with Crippen LogP contribution in [0.3, 0.4) is 0 Å². The van der Waals surface area contributed by atoms with Crippen molar-refractivity contribution in [1.82, 2.24) is 9.88 Å². The third-order valence-corrected chi connectivity index (χ3v) is 3.33. The molecule has 1 aromatic heterocycles. The Bertz CT molecular complexity index is 695. The van der Waals surface area contributed by atoms with Gasteiger partial charge >= 0.3 is 0 Å². The van der Waals surface area contributed by atoms with Gasteiger partial charge in [-0.1, -0.05) is 29.3 Å². The largest absolute Gasteiger partial charge is 0.337 e. The summed E-state index contributed by atoms with van der Waals surface area (Å²) in [4.78, 5) is 17.3.